The number of aryl methyl sites for hydroxylation is 2. The fourth-order valence-electron chi connectivity index (χ4n) is 4.53. The molecule has 1 aliphatic rings. The number of benzene rings is 1. The van der Waals surface area contributed by atoms with E-state index in [0.29, 0.717) is 23.7 Å². The zero-order valence-electron chi connectivity index (χ0n) is 20.2. The molecule has 36 heavy (non-hydrogen) atoms. The largest absolute Gasteiger partial charge is 0.364 e. The van der Waals surface area contributed by atoms with E-state index in [9.17, 15) is 9.59 Å². The first-order valence-electron chi connectivity index (χ1n) is 11.9. The Kier molecular flexibility index (Phi) is 6.55. The van der Waals surface area contributed by atoms with Crippen LogP contribution in [0.1, 0.15) is 46.3 Å². The number of rotatable bonds is 7. The molecule has 2 amide bonds. The molecule has 0 bridgehead atoms. The van der Waals surface area contributed by atoms with E-state index in [1.807, 2.05) is 43.5 Å². The Hall–Kier alpha value is -3.99. The van der Waals surface area contributed by atoms with Crippen LogP contribution in [-0.2, 0) is 6.54 Å². The highest BCUT2D eigenvalue weighted by Gasteiger charge is 2.25. The predicted molar refractivity (Wildman–Crippen MR) is 141 cm³/mol. The molecule has 1 saturated heterocycles. The summed E-state index contributed by atoms with van der Waals surface area (Å²) in [5.41, 5.74) is 8.22. The van der Waals surface area contributed by atoms with E-state index in [0.717, 1.165) is 47.5 Å². The van der Waals surface area contributed by atoms with Crippen molar-refractivity contribution in [2.24, 2.45) is 5.73 Å². The second-order valence-corrected chi connectivity index (χ2v) is 9.69. The topological polar surface area (TPSA) is 131 Å². The van der Waals surface area contributed by atoms with Gasteiger partial charge in [0.1, 0.15) is 10.8 Å². The van der Waals surface area contributed by atoms with Crippen LogP contribution in [0.4, 0.5) is 16.6 Å². The van der Waals surface area contributed by atoms with Gasteiger partial charge in [0.2, 0.25) is 0 Å². The third-order valence-corrected chi connectivity index (χ3v) is 7.11. The van der Waals surface area contributed by atoms with Gasteiger partial charge in [-0.3, -0.25) is 9.59 Å². The van der Waals surface area contributed by atoms with E-state index in [1.54, 1.807) is 6.20 Å². The van der Waals surface area contributed by atoms with Crippen LogP contribution >= 0.6 is 11.5 Å². The van der Waals surface area contributed by atoms with Crippen molar-refractivity contribution in [3.8, 4) is 0 Å². The van der Waals surface area contributed by atoms with Crippen LogP contribution in [0.5, 0.6) is 0 Å². The van der Waals surface area contributed by atoms with Crippen molar-refractivity contribution in [1.82, 2.24) is 24.2 Å². The smallest absolute Gasteiger partial charge is 0.271 e. The molecule has 1 aliphatic heterocycles. The Morgan fingerprint density at radius 3 is 2.86 bits per heavy atom. The lowest BCUT2D eigenvalue weighted by Gasteiger charge is -2.34. The van der Waals surface area contributed by atoms with Gasteiger partial charge in [0.25, 0.3) is 11.8 Å². The predicted octanol–water partition coefficient (Wildman–Crippen LogP) is 3.46. The lowest BCUT2D eigenvalue weighted by molar-refractivity contribution is 0.0932. The van der Waals surface area contributed by atoms with Gasteiger partial charge in [0.15, 0.2) is 11.5 Å². The maximum atomic E-state index is 13.0. The molecule has 0 radical (unpaired) electrons. The fraction of sp³-hybridized carbons (Fsp3) is 0.320. The summed E-state index contributed by atoms with van der Waals surface area (Å²) >= 11 is 1.27. The van der Waals surface area contributed by atoms with Crippen molar-refractivity contribution in [3.63, 3.8) is 0 Å². The number of nitrogens with two attached hydrogens (primary N) is 1. The number of nitrogens with one attached hydrogen (secondary N) is 2. The molecule has 4 N–H and O–H groups in total. The summed E-state index contributed by atoms with van der Waals surface area (Å²) in [5, 5.41) is 8.10. The number of piperidine rings is 1. The zero-order chi connectivity index (χ0) is 25.2. The maximum absolute atomic E-state index is 13.0. The number of aromatic nitrogens is 4. The maximum Gasteiger partial charge on any atom is 0.271 e. The van der Waals surface area contributed by atoms with Crippen molar-refractivity contribution in [2.45, 2.75) is 39.3 Å². The van der Waals surface area contributed by atoms with E-state index in [1.165, 1.54) is 11.5 Å². The normalized spacial score (nSPS) is 15.7. The second-order valence-electron chi connectivity index (χ2n) is 8.88. The summed E-state index contributed by atoms with van der Waals surface area (Å²) in [5.74, 6) is 0.158. The molecule has 3 aromatic heterocycles. The van der Waals surface area contributed by atoms with Crippen LogP contribution in [0.15, 0.2) is 42.7 Å². The van der Waals surface area contributed by atoms with Crippen molar-refractivity contribution < 1.29 is 9.59 Å². The van der Waals surface area contributed by atoms with Crippen LogP contribution < -0.4 is 21.3 Å². The number of anilines is 3. The quantitative estimate of drug-likeness (QED) is 0.351. The van der Waals surface area contributed by atoms with Crippen LogP contribution in [0, 0.1) is 6.92 Å². The lowest BCUT2D eigenvalue weighted by Crippen LogP contribution is -2.48. The van der Waals surface area contributed by atoms with Gasteiger partial charge in [0.05, 0.1) is 11.9 Å². The Bertz CT molecular complexity index is 1430. The lowest BCUT2D eigenvalue weighted by atomic mass is 10.0. The Morgan fingerprint density at radius 2 is 2.11 bits per heavy atom. The Morgan fingerprint density at radius 1 is 1.25 bits per heavy atom. The summed E-state index contributed by atoms with van der Waals surface area (Å²) in [4.78, 5) is 35.9. The molecular weight excluding hydrogens is 476 g/mol. The Labute approximate surface area is 212 Å². The number of hydrogen-bond acceptors (Lipinski definition) is 8. The number of fused-ring (bicyclic) bond motifs is 1. The number of carbonyl (C=O) groups is 2. The third kappa shape index (κ3) is 4.87. The molecule has 0 spiro atoms. The fourth-order valence-corrected chi connectivity index (χ4v) is 5.19. The SMILES string of the molecule is CCn1ccc2cc(C(=O)N[C@@H]3CCCN(c4cnc(C(N)=O)c(Nc5cc(C)ns5)n4)C3)ccc21. The van der Waals surface area contributed by atoms with Crippen LogP contribution in [0.3, 0.4) is 0 Å². The van der Waals surface area contributed by atoms with Gasteiger partial charge in [-0.2, -0.15) is 4.37 Å². The van der Waals surface area contributed by atoms with Crippen molar-refractivity contribution in [2.75, 3.05) is 23.3 Å². The van der Waals surface area contributed by atoms with Crippen LogP contribution in [0.2, 0.25) is 0 Å². The molecule has 5 rings (SSSR count). The van der Waals surface area contributed by atoms with Gasteiger partial charge in [-0.05, 0) is 68.6 Å². The second kappa shape index (κ2) is 9.94. The molecule has 10 nitrogen and oxygen atoms in total. The molecule has 1 atom stereocenters. The summed E-state index contributed by atoms with van der Waals surface area (Å²) in [7, 11) is 0. The molecule has 4 aromatic rings. The van der Waals surface area contributed by atoms with Gasteiger partial charge in [-0.15, -0.1) is 0 Å². The highest BCUT2D eigenvalue weighted by atomic mass is 32.1. The van der Waals surface area contributed by atoms with Gasteiger partial charge >= 0.3 is 0 Å². The third-order valence-electron chi connectivity index (χ3n) is 6.32. The van der Waals surface area contributed by atoms with E-state index in [-0.39, 0.29) is 17.6 Å². The first-order valence-corrected chi connectivity index (χ1v) is 12.7. The minimum atomic E-state index is -0.659. The average Bonchev–Trinajstić information content (AvgIpc) is 3.48. The highest BCUT2D eigenvalue weighted by molar-refractivity contribution is 7.10. The van der Waals surface area contributed by atoms with Gasteiger partial charge in [-0.25, -0.2) is 9.97 Å². The number of amides is 2. The van der Waals surface area contributed by atoms with Crippen LogP contribution in [-0.4, -0.2) is 49.9 Å². The molecule has 1 aromatic carbocycles. The van der Waals surface area contributed by atoms with E-state index < -0.39 is 5.91 Å². The zero-order valence-corrected chi connectivity index (χ0v) is 21.0. The first-order chi connectivity index (χ1) is 17.4. The highest BCUT2D eigenvalue weighted by Crippen LogP contribution is 2.26. The van der Waals surface area contributed by atoms with E-state index >= 15 is 0 Å². The molecule has 11 heteroatoms. The molecule has 4 heterocycles. The molecular formula is C25H28N8O2S. The van der Waals surface area contributed by atoms with Gasteiger partial charge in [-0.1, -0.05) is 0 Å². The number of hydrogen-bond donors (Lipinski definition) is 3. The summed E-state index contributed by atoms with van der Waals surface area (Å²) in [6, 6.07) is 9.66. The summed E-state index contributed by atoms with van der Waals surface area (Å²) in [6.45, 7) is 6.23. The summed E-state index contributed by atoms with van der Waals surface area (Å²) in [6.07, 6.45) is 5.35. The monoisotopic (exact) mass is 504 g/mol. The molecule has 186 valence electrons. The minimum absolute atomic E-state index is 0.0413. The van der Waals surface area contributed by atoms with Crippen molar-refractivity contribution in [1.29, 1.82) is 0 Å². The van der Waals surface area contributed by atoms with E-state index in [2.05, 4.69) is 41.4 Å². The molecule has 0 unspecified atom stereocenters. The van der Waals surface area contributed by atoms with E-state index in [4.69, 9.17) is 5.73 Å². The molecule has 0 aliphatic carbocycles. The van der Waals surface area contributed by atoms with Gasteiger partial charge < -0.3 is 25.8 Å². The van der Waals surface area contributed by atoms with Crippen molar-refractivity contribution >= 4 is 50.9 Å². The van der Waals surface area contributed by atoms with Crippen molar-refractivity contribution in [3.05, 3.63) is 59.7 Å². The number of nitrogens with zero attached hydrogens (tertiary/aromatic N) is 5. The van der Waals surface area contributed by atoms with Crippen LogP contribution in [0.25, 0.3) is 10.9 Å². The minimum Gasteiger partial charge on any atom is -0.364 e. The molecule has 0 saturated carbocycles. The Balaban J connectivity index is 1.31. The first kappa shape index (κ1) is 23.7. The van der Waals surface area contributed by atoms with Gasteiger partial charge in [0, 0.05) is 48.3 Å². The number of primary amides is 1. The summed E-state index contributed by atoms with van der Waals surface area (Å²) < 4.78 is 6.40. The molecule has 1 fully saturated rings. The standard InChI is InChI=1S/C25H28N8O2S/c1-3-32-10-8-16-12-17(6-7-19(16)32)25(35)28-18-5-4-9-33(14-18)20-13-27-22(23(26)34)24(29-20)30-21-11-15(2)31-36-21/h6-8,10-13,18H,3-5,9,14H2,1-2H3,(H2,26,34)(H,28,35)(H,29,30)/t18-/m1/s1. The average molecular weight is 505 g/mol. The number of carbonyl (C=O) groups excluding carboxylic acids is 2.